The summed E-state index contributed by atoms with van der Waals surface area (Å²) < 4.78 is 49.5. The second kappa shape index (κ2) is 4.83. The molecule has 0 spiro atoms. The van der Waals surface area contributed by atoms with Gasteiger partial charge in [0, 0.05) is 5.46 Å². The van der Waals surface area contributed by atoms with E-state index >= 15 is 0 Å². The molecule has 0 bridgehead atoms. The van der Waals surface area contributed by atoms with Crippen molar-refractivity contribution in [3.8, 4) is 0 Å². The van der Waals surface area contributed by atoms with Crippen LogP contribution < -0.4 is 5.46 Å². The Hall–Kier alpha value is -0.435. The van der Waals surface area contributed by atoms with Crippen molar-refractivity contribution in [1.82, 2.24) is 0 Å². The molecule has 1 aromatic rings. The Morgan fingerprint density at radius 2 is 1.81 bits per heavy atom. The van der Waals surface area contributed by atoms with Gasteiger partial charge in [0.05, 0.1) is 9.92 Å². The summed E-state index contributed by atoms with van der Waals surface area (Å²) in [6, 6.07) is 1.87. The Morgan fingerprint density at radius 3 is 2.25 bits per heavy atom. The lowest BCUT2D eigenvalue weighted by Gasteiger charge is -2.11. The summed E-state index contributed by atoms with van der Waals surface area (Å²) in [5.74, 6) is -1.38. The van der Waals surface area contributed by atoms with E-state index < -0.39 is 45.6 Å². The van der Waals surface area contributed by atoms with Crippen LogP contribution in [-0.2, 0) is 0 Å². The van der Waals surface area contributed by atoms with E-state index in [2.05, 4.69) is 0 Å². The Kier molecular flexibility index (Phi) is 4.11. The quantitative estimate of drug-likeness (QED) is 0.490. The van der Waals surface area contributed by atoms with E-state index in [1.54, 1.807) is 0 Å². The van der Waals surface area contributed by atoms with Gasteiger partial charge in [0.1, 0.15) is 5.82 Å². The number of rotatable bonds is 2. The molecule has 0 saturated carbocycles. The molecule has 0 saturated heterocycles. The van der Waals surface area contributed by atoms with Crippen LogP contribution in [0, 0.1) is 5.82 Å². The SMILES string of the molecule is OB(O)c1ccc(Cl)c(SC(F)(F)F)c1F. The smallest absolute Gasteiger partial charge is 0.423 e. The van der Waals surface area contributed by atoms with Crippen LogP contribution in [0.5, 0.6) is 0 Å². The maximum Gasteiger partial charge on any atom is 0.491 e. The molecule has 88 valence electrons. The molecule has 0 aliphatic rings. The van der Waals surface area contributed by atoms with Crippen LogP contribution in [0.2, 0.25) is 5.02 Å². The van der Waals surface area contributed by atoms with Crippen LogP contribution >= 0.6 is 23.4 Å². The van der Waals surface area contributed by atoms with Gasteiger partial charge in [-0.25, -0.2) is 4.39 Å². The predicted molar refractivity (Wildman–Crippen MR) is 53.1 cm³/mol. The molecule has 0 heterocycles. The molecule has 16 heavy (non-hydrogen) atoms. The van der Waals surface area contributed by atoms with Crippen molar-refractivity contribution in [3.63, 3.8) is 0 Å². The molecule has 0 fully saturated rings. The summed E-state index contributed by atoms with van der Waals surface area (Å²) in [5, 5.41) is 17.0. The molecule has 1 rings (SSSR count). The molecular weight excluding hydrogens is 270 g/mol. The molecule has 0 radical (unpaired) electrons. The fraction of sp³-hybridized carbons (Fsp3) is 0.143. The molecule has 0 aliphatic heterocycles. The molecule has 0 aromatic heterocycles. The maximum atomic E-state index is 13.4. The van der Waals surface area contributed by atoms with Crippen molar-refractivity contribution in [2.75, 3.05) is 0 Å². The van der Waals surface area contributed by atoms with E-state index in [4.69, 9.17) is 21.6 Å². The molecular formula is C7H4BClF4O2S. The van der Waals surface area contributed by atoms with Gasteiger partial charge in [0.2, 0.25) is 0 Å². The summed E-state index contributed by atoms with van der Waals surface area (Å²) in [6.45, 7) is 0. The monoisotopic (exact) mass is 274 g/mol. The molecule has 0 atom stereocenters. The first kappa shape index (κ1) is 13.6. The van der Waals surface area contributed by atoms with Gasteiger partial charge in [0.25, 0.3) is 0 Å². The zero-order valence-corrected chi connectivity index (χ0v) is 9.00. The Bertz CT molecular complexity index is 399. The summed E-state index contributed by atoms with van der Waals surface area (Å²) in [5.41, 5.74) is -5.36. The van der Waals surface area contributed by atoms with Gasteiger partial charge in [-0.1, -0.05) is 17.7 Å². The van der Waals surface area contributed by atoms with Crippen molar-refractivity contribution in [2.45, 2.75) is 10.4 Å². The molecule has 9 heteroatoms. The lowest BCUT2D eigenvalue weighted by Crippen LogP contribution is -2.33. The second-order valence-corrected chi connectivity index (χ2v) is 4.18. The Morgan fingerprint density at radius 1 is 1.25 bits per heavy atom. The van der Waals surface area contributed by atoms with E-state index in [9.17, 15) is 17.6 Å². The third kappa shape index (κ3) is 3.28. The van der Waals surface area contributed by atoms with Crippen molar-refractivity contribution in [1.29, 1.82) is 0 Å². The van der Waals surface area contributed by atoms with Crippen molar-refractivity contribution in [3.05, 3.63) is 23.0 Å². The van der Waals surface area contributed by atoms with E-state index in [1.165, 1.54) is 0 Å². The Labute approximate surface area is 97.4 Å². The average Bonchev–Trinajstić information content (AvgIpc) is 2.10. The van der Waals surface area contributed by atoms with Gasteiger partial charge in [0.15, 0.2) is 0 Å². The predicted octanol–water partition coefficient (Wildman–Crippen LogP) is 1.77. The lowest BCUT2D eigenvalue weighted by atomic mass is 9.80. The highest BCUT2D eigenvalue weighted by Crippen LogP contribution is 2.41. The fourth-order valence-electron chi connectivity index (χ4n) is 0.956. The van der Waals surface area contributed by atoms with Crippen LogP contribution in [0.25, 0.3) is 0 Å². The van der Waals surface area contributed by atoms with E-state index in [1.807, 2.05) is 0 Å². The van der Waals surface area contributed by atoms with Gasteiger partial charge in [-0.05, 0) is 17.8 Å². The zero-order chi connectivity index (χ0) is 12.5. The number of benzene rings is 1. The van der Waals surface area contributed by atoms with Crippen molar-refractivity contribution < 1.29 is 27.6 Å². The summed E-state index contributed by atoms with van der Waals surface area (Å²) in [7, 11) is -2.19. The number of hydrogen-bond acceptors (Lipinski definition) is 3. The molecule has 0 amide bonds. The Balaban J connectivity index is 3.21. The van der Waals surface area contributed by atoms with Crippen molar-refractivity contribution >= 4 is 35.9 Å². The number of alkyl halides is 3. The van der Waals surface area contributed by atoms with Crippen LogP contribution in [0.1, 0.15) is 0 Å². The number of thioether (sulfide) groups is 1. The second-order valence-electron chi connectivity index (χ2n) is 2.70. The number of hydrogen-bond donors (Lipinski definition) is 2. The number of halogens is 5. The maximum absolute atomic E-state index is 13.4. The highest BCUT2D eigenvalue weighted by molar-refractivity contribution is 8.00. The fourth-order valence-corrected chi connectivity index (χ4v) is 1.82. The summed E-state index contributed by atoms with van der Waals surface area (Å²) >= 11 is 4.64. The first-order valence-electron chi connectivity index (χ1n) is 3.82. The zero-order valence-electron chi connectivity index (χ0n) is 7.42. The van der Waals surface area contributed by atoms with Gasteiger partial charge in [-0.15, -0.1) is 0 Å². The first-order chi connectivity index (χ1) is 7.22. The van der Waals surface area contributed by atoms with Crippen LogP contribution in [0.3, 0.4) is 0 Å². The molecule has 0 unspecified atom stereocenters. The van der Waals surface area contributed by atoms with Crippen LogP contribution in [-0.4, -0.2) is 22.7 Å². The van der Waals surface area contributed by atoms with Crippen LogP contribution in [0.15, 0.2) is 17.0 Å². The van der Waals surface area contributed by atoms with Gasteiger partial charge in [-0.2, -0.15) is 13.2 Å². The van der Waals surface area contributed by atoms with Crippen LogP contribution in [0.4, 0.5) is 17.6 Å². The highest BCUT2D eigenvalue weighted by Gasteiger charge is 2.33. The topological polar surface area (TPSA) is 40.5 Å². The third-order valence-corrected chi connectivity index (χ3v) is 2.84. The minimum atomic E-state index is -4.70. The molecule has 0 aliphatic carbocycles. The summed E-state index contributed by atoms with van der Waals surface area (Å²) in [6.07, 6.45) is 0. The summed E-state index contributed by atoms with van der Waals surface area (Å²) in [4.78, 5) is -0.875. The van der Waals surface area contributed by atoms with E-state index in [0.717, 1.165) is 12.1 Å². The molecule has 2 N–H and O–H groups in total. The largest absolute Gasteiger partial charge is 0.491 e. The van der Waals surface area contributed by atoms with Gasteiger partial charge in [-0.3, -0.25) is 0 Å². The average molecular weight is 274 g/mol. The molecule has 1 aromatic carbocycles. The minimum Gasteiger partial charge on any atom is -0.423 e. The van der Waals surface area contributed by atoms with E-state index in [0.29, 0.717) is 0 Å². The standard InChI is InChI=1S/C7H4BClF4O2S/c9-4-2-1-3(8(14)15)5(10)6(4)16-7(11,12)13/h1-2,14-15H. The van der Waals surface area contributed by atoms with Gasteiger partial charge >= 0.3 is 12.6 Å². The van der Waals surface area contributed by atoms with Gasteiger partial charge < -0.3 is 10.0 Å². The third-order valence-electron chi connectivity index (χ3n) is 1.57. The lowest BCUT2D eigenvalue weighted by molar-refractivity contribution is -0.0329. The highest BCUT2D eigenvalue weighted by atomic mass is 35.5. The first-order valence-corrected chi connectivity index (χ1v) is 5.01. The normalized spacial score (nSPS) is 11.7. The minimum absolute atomic E-state index is 0.441. The molecule has 2 nitrogen and oxygen atoms in total. The van der Waals surface area contributed by atoms with Crippen molar-refractivity contribution in [2.24, 2.45) is 0 Å². The van der Waals surface area contributed by atoms with E-state index in [-0.39, 0.29) is 0 Å².